The predicted molar refractivity (Wildman–Crippen MR) is 305 cm³/mol. The van der Waals surface area contributed by atoms with E-state index in [0.717, 1.165) is 89.9 Å². The largest absolute Gasteiger partial charge is 0.394 e. The second-order valence-corrected chi connectivity index (χ2v) is 21.8. The zero-order valence-electron chi connectivity index (χ0n) is 48.3. The molecule has 0 aliphatic carbocycles. The fourth-order valence-corrected chi connectivity index (χ4v) is 10.1. The van der Waals surface area contributed by atoms with Crippen LogP contribution in [-0.2, 0) is 33.2 Å². The molecule has 0 radical (unpaired) electrons. The molecule has 19 nitrogen and oxygen atoms in total. The number of ether oxygens (including phenoxy) is 6. The van der Waals surface area contributed by atoms with Gasteiger partial charge in [-0.2, -0.15) is 0 Å². The Balaban J connectivity index is 1.43. The van der Waals surface area contributed by atoms with Crippen molar-refractivity contribution in [1.82, 2.24) is 5.32 Å². The van der Waals surface area contributed by atoms with E-state index in [9.17, 15) is 61.0 Å². The molecule has 0 saturated carbocycles. The summed E-state index contributed by atoms with van der Waals surface area (Å²) in [4.78, 5) is 13.3. The summed E-state index contributed by atoms with van der Waals surface area (Å²) in [6.07, 6.45) is 23.2. The molecule has 19 heteroatoms. The molecule has 0 aromatic carbocycles. The first kappa shape index (κ1) is 71.8. The Kier molecular flexibility index (Phi) is 39.5. The van der Waals surface area contributed by atoms with Crippen LogP contribution < -0.4 is 5.32 Å². The summed E-state index contributed by atoms with van der Waals surface area (Å²) in [5, 5.41) is 120. The van der Waals surface area contributed by atoms with Gasteiger partial charge in [0.1, 0.15) is 73.2 Å². The monoisotopic (exact) mass is 1140 g/mol. The Labute approximate surface area is 477 Å². The molecule has 80 heavy (non-hydrogen) atoms. The van der Waals surface area contributed by atoms with Crippen LogP contribution in [-0.4, -0.2) is 193 Å². The molecule has 3 heterocycles. The number of unbranched alkanes of at least 4 members (excludes halogenated alkanes) is 18. The van der Waals surface area contributed by atoms with Gasteiger partial charge in [-0.05, 0) is 57.8 Å². The van der Waals surface area contributed by atoms with Gasteiger partial charge in [0.2, 0.25) is 5.91 Å². The van der Waals surface area contributed by atoms with Crippen molar-refractivity contribution >= 4 is 5.91 Å². The Morgan fingerprint density at radius 2 is 0.863 bits per heavy atom. The topological polar surface area (TPSA) is 307 Å². The van der Waals surface area contributed by atoms with Crippen LogP contribution in [0.15, 0.2) is 60.8 Å². The molecule has 3 rings (SSSR count). The van der Waals surface area contributed by atoms with Gasteiger partial charge >= 0.3 is 0 Å². The van der Waals surface area contributed by atoms with Crippen molar-refractivity contribution in [3.8, 4) is 0 Å². The van der Waals surface area contributed by atoms with E-state index in [1.807, 2.05) is 0 Å². The normalized spacial score (nSPS) is 30.4. The van der Waals surface area contributed by atoms with Crippen LogP contribution in [0.4, 0.5) is 0 Å². The van der Waals surface area contributed by atoms with Crippen molar-refractivity contribution in [1.29, 1.82) is 0 Å². The van der Waals surface area contributed by atoms with E-state index in [1.54, 1.807) is 0 Å². The molecule has 0 aromatic heterocycles. The molecule has 3 saturated heterocycles. The van der Waals surface area contributed by atoms with Gasteiger partial charge in [-0.1, -0.05) is 184 Å². The van der Waals surface area contributed by atoms with E-state index in [-0.39, 0.29) is 18.9 Å². The molecule has 1 amide bonds. The summed E-state index contributed by atoms with van der Waals surface area (Å²) in [5.74, 6) is -0.254. The van der Waals surface area contributed by atoms with Gasteiger partial charge in [0, 0.05) is 6.42 Å². The highest BCUT2D eigenvalue weighted by atomic mass is 16.8. The Bertz CT molecular complexity index is 1700. The molecule has 0 bridgehead atoms. The number of carbonyl (C=O) groups excluding carboxylic acids is 1. The first-order valence-corrected chi connectivity index (χ1v) is 30.5. The minimum absolute atomic E-state index is 0.254. The van der Waals surface area contributed by atoms with Crippen LogP contribution in [0.25, 0.3) is 0 Å². The molecule has 3 fully saturated rings. The summed E-state index contributed by atoms with van der Waals surface area (Å²) in [5.41, 5.74) is 0. The van der Waals surface area contributed by atoms with Gasteiger partial charge in [0.15, 0.2) is 18.9 Å². The maximum Gasteiger partial charge on any atom is 0.220 e. The van der Waals surface area contributed by atoms with E-state index in [2.05, 4.69) is 79.9 Å². The lowest BCUT2D eigenvalue weighted by Gasteiger charge is -2.48. The number of nitrogens with one attached hydrogen (secondary N) is 1. The number of allylic oxidation sites excluding steroid dienone is 10. The smallest absolute Gasteiger partial charge is 0.220 e. The first-order chi connectivity index (χ1) is 38.8. The summed E-state index contributed by atoms with van der Waals surface area (Å²) in [6, 6.07) is -0.891. The van der Waals surface area contributed by atoms with Crippen LogP contribution in [0.2, 0.25) is 0 Å². The lowest BCUT2D eigenvalue weighted by Crippen LogP contribution is -2.66. The fraction of sp³-hybridized carbons (Fsp3) is 0.820. The van der Waals surface area contributed by atoms with Crippen molar-refractivity contribution in [3.05, 3.63) is 60.8 Å². The van der Waals surface area contributed by atoms with E-state index in [1.165, 1.54) is 64.2 Å². The molecular weight excluding hydrogens is 1030 g/mol. The summed E-state index contributed by atoms with van der Waals surface area (Å²) in [7, 11) is 0. The third-order valence-corrected chi connectivity index (χ3v) is 15.1. The predicted octanol–water partition coefficient (Wildman–Crippen LogP) is 5.65. The number of hydrogen-bond acceptors (Lipinski definition) is 18. The van der Waals surface area contributed by atoms with Crippen LogP contribution in [0.3, 0.4) is 0 Å². The average molecular weight is 1140 g/mol. The minimum atomic E-state index is -1.97. The van der Waals surface area contributed by atoms with Gasteiger partial charge < -0.3 is 89.9 Å². The molecule has 17 unspecified atom stereocenters. The number of rotatable bonds is 44. The van der Waals surface area contributed by atoms with Gasteiger partial charge in [-0.3, -0.25) is 4.79 Å². The molecule has 17 atom stereocenters. The first-order valence-electron chi connectivity index (χ1n) is 30.5. The van der Waals surface area contributed by atoms with Crippen molar-refractivity contribution in [2.75, 3.05) is 26.4 Å². The number of hydrogen-bond donors (Lipinski definition) is 12. The third kappa shape index (κ3) is 27.5. The number of amides is 1. The van der Waals surface area contributed by atoms with Crippen LogP contribution in [0.1, 0.15) is 187 Å². The lowest BCUT2D eigenvalue weighted by atomic mass is 9.96. The van der Waals surface area contributed by atoms with Crippen molar-refractivity contribution in [2.45, 2.75) is 291 Å². The van der Waals surface area contributed by atoms with E-state index in [0.29, 0.717) is 12.8 Å². The fourth-order valence-electron chi connectivity index (χ4n) is 10.1. The summed E-state index contributed by atoms with van der Waals surface area (Å²) < 4.78 is 34.3. The van der Waals surface area contributed by atoms with E-state index in [4.69, 9.17) is 28.4 Å². The SMILES string of the molecule is CC/C=C\C/C=C\C/C=C\C/C=C\C/C=C\CCCCCCCCCCCC(=O)NC(COC1OC(CO)C(OC2OC(CO)C(OC3OC(CO)C(O)C(O)C3O)C(O)C2O)C(O)C1O)C(O)CCCCCCCCCCCC. The quantitative estimate of drug-likeness (QED) is 0.0259. The van der Waals surface area contributed by atoms with Gasteiger partial charge in [0.25, 0.3) is 0 Å². The number of aliphatic hydroxyl groups excluding tert-OH is 11. The van der Waals surface area contributed by atoms with Crippen LogP contribution in [0, 0.1) is 0 Å². The van der Waals surface area contributed by atoms with Crippen LogP contribution in [0.5, 0.6) is 0 Å². The van der Waals surface area contributed by atoms with E-state index < -0.39 is 124 Å². The minimum Gasteiger partial charge on any atom is -0.394 e. The Morgan fingerprint density at radius 3 is 1.35 bits per heavy atom. The molecular formula is C61H107NO18. The maximum absolute atomic E-state index is 13.3. The molecule has 3 aliphatic rings. The highest BCUT2D eigenvalue weighted by Crippen LogP contribution is 2.33. The standard InChI is InChI=1S/C61H107NO18/c1-3-5-7-9-11-13-15-16-17-18-19-20-21-22-23-24-25-26-27-28-29-31-33-35-37-39-49(67)62-44(45(66)38-36-34-32-30-14-12-10-8-6-4-2)43-75-59-55(73)52(70)57(47(41-64)77-59)80-61-56(74)53(71)58(48(42-65)78-61)79-60-54(72)51(69)50(68)46(40-63)76-60/h5,7,11,13,16-17,19-20,22-23,44-48,50-61,63-66,68-74H,3-4,6,8-10,12,14-15,18,21,24-43H2,1-2H3,(H,62,67)/b7-5-,13-11-,17-16-,20-19-,23-22-. The average Bonchev–Trinajstić information content (AvgIpc) is 3.47. The van der Waals surface area contributed by atoms with Gasteiger partial charge in [0.05, 0.1) is 38.6 Å². The number of aliphatic hydroxyl groups is 11. The molecule has 0 aromatic rings. The lowest BCUT2D eigenvalue weighted by molar-refractivity contribution is -0.379. The maximum atomic E-state index is 13.3. The molecule has 0 spiro atoms. The molecule has 464 valence electrons. The second kappa shape index (κ2) is 44.0. The summed E-state index contributed by atoms with van der Waals surface area (Å²) >= 11 is 0. The van der Waals surface area contributed by atoms with Crippen LogP contribution >= 0.6 is 0 Å². The third-order valence-electron chi connectivity index (χ3n) is 15.1. The summed E-state index contributed by atoms with van der Waals surface area (Å²) in [6.45, 7) is 1.63. The zero-order chi connectivity index (χ0) is 58.3. The highest BCUT2D eigenvalue weighted by molar-refractivity contribution is 5.76. The zero-order valence-corrected chi connectivity index (χ0v) is 48.3. The van der Waals surface area contributed by atoms with Gasteiger partial charge in [-0.15, -0.1) is 0 Å². The Hall–Kier alpha value is -2.51. The highest BCUT2D eigenvalue weighted by Gasteiger charge is 2.53. The van der Waals surface area contributed by atoms with E-state index >= 15 is 0 Å². The molecule has 3 aliphatic heterocycles. The van der Waals surface area contributed by atoms with Gasteiger partial charge in [-0.25, -0.2) is 0 Å². The van der Waals surface area contributed by atoms with Crippen molar-refractivity contribution in [2.24, 2.45) is 0 Å². The number of carbonyl (C=O) groups is 1. The molecule has 12 N–H and O–H groups in total. The Morgan fingerprint density at radius 1 is 0.463 bits per heavy atom. The van der Waals surface area contributed by atoms with Crippen molar-refractivity contribution in [3.63, 3.8) is 0 Å². The second-order valence-electron chi connectivity index (χ2n) is 21.8. The van der Waals surface area contributed by atoms with Crippen molar-refractivity contribution < 1.29 is 89.4 Å².